The molecule has 0 saturated heterocycles. The van der Waals surface area contributed by atoms with Gasteiger partial charge in [-0.1, -0.05) is 43.8 Å². The van der Waals surface area contributed by atoms with E-state index in [4.69, 9.17) is 4.74 Å². The highest BCUT2D eigenvalue weighted by atomic mass is 16.5. The van der Waals surface area contributed by atoms with Crippen LogP contribution in [0.25, 0.3) is 5.57 Å². The van der Waals surface area contributed by atoms with Crippen LogP contribution in [-0.4, -0.2) is 4.98 Å². The molecule has 0 aliphatic rings. The molecule has 0 atom stereocenters. The second kappa shape index (κ2) is 6.44. The minimum absolute atomic E-state index is 0.0179. The van der Waals surface area contributed by atoms with Crippen LogP contribution in [0.5, 0.6) is 5.88 Å². The number of benzene rings is 1. The maximum absolute atomic E-state index is 12.5. The van der Waals surface area contributed by atoms with Crippen molar-refractivity contribution in [2.45, 2.75) is 33.8 Å². The third-order valence-corrected chi connectivity index (χ3v) is 3.49. The van der Waals surface area contributed by atoms with Crippen molar-refractivity contribution in [2.75, 3.05) is 0 Å². The molecule has 0 bridgehead atoms. The van der Waals surface area contributed by atoms with Gasteiger partial charge in [-0.3, -0.25) is 4.79 Å². The molecule has 0 spiro atoms. The fraction of sp³-hybridized carbons (Fsp3) is 0.278. The summed E-state index contributed by atoms with van der Waals surface area (Å²) in [6, 6.07) is 9.88. The minimum Gasteiger partial charge on any atom is -0.474 e. The van der Waals surface area contributed by atoms with Crippen LogP contribution in [-0.2, 0) is 13.0 Å². The molecule has 21 heavy (non-hydrogen) atoms. The summed E-state index contributed by atoms with van der Waals surface area (Å²) in [6.45, 7) is 10.0. The summed E-state index contributed by atoms with van der Waals surface area (Å²) in [4.78, 5) is 15.7. The lowest BCUT2D eigenvalue weighted by Crippen LogP contribution is -2.18. The van der Waals surface area contributed by atoms with E-state index in [2.05, 4.69) is 11.6 Å². The number of allylic oxidation sites excluding steroid dienone is 1. The van der Waals surface area contributed by atoms with E-state index >= 15 is 0 Å². The molecule has 0 saturated carbocycles. The van der Waals surface area contributed by atoms with Crippen molar-refractivity contribution in [3.63, 3.8) is 0 Å². The molecule has 2 rings (SSSR count). The lowest BCUT2D eigenvalue weighted by atomic mass is 10.0. The first kappa shape index (κ1) is 15.1. The highest BCUT2D eigenvalue weighted by Gasteiger charge is 2.15. The SMILES string of the molecule is C=C(C)c1c(OCc2ccccc2)[nH]c(C)c(CC)c1=O. The first-order valence-electron chi connectivity index (χ1n) is 7.13. The number of aromatic nitrogens is 1. The first-order chi connectivity index (χ1) is 10.0. The van der Waals surface area contributed by atoms with Gasteiger partial charge >= 0.3 is 0 Å². The van der Waals surface area contributed by atoms with Crippen LogP contribution in [0.3, 0.4) is 0 Å². The molecular formula is C18H21NO2. The van der Waals surface area contributed by atoms with E-state index in [-0.39, 0.29) is 5.43 Å². The molecule has 0 amide bonds. The number of pyridine rings is 1. The van der Waals surface area contributed by atoms with Gasteiger partial charge in [-0.2, -0.15) is 0 Å². The number of aryl methyl sites for hydroxylation is 1. The number of hydrogen-bond acceptors (Lipinski definition) is 2. The van der Waals surface area contributed by atoms with Crippen molar-refractivity contribution in [1.29, 1.82) is 0 Å². The fourth-order valence-electron chi connectivity index (χ4n) is 2.38. The average molecular weight is 283 g/mol. The predicted molar refractivity (Wildman–Crippen MR) is 86.7 cm³/mol. The van der Waals surface area contributed by atoms with Gasteiger partial charge < -0.3 is 9.72 Å². The Labute approximate surface area is 125 Å². The third kappa shape index (κ3) is 3.24. The van der Waals surface area contributed by atoms with Gasteiger partial charge in [0.05, 0.1) is 5.56 Å². The van der Waals surface area contributed by atoms with Crippen LogP contribution in [0, 0.1) is 6.92 Å². The summed E-state index contributed by atoms with van der Waals surface area (Å²) < 4.78 is 5.83. The fourth-order valence-corrected chi connectivity index (χ4v) is 2.38. The lowest BCUT2D eigenvalue weighted by molar-refractivity contribution is 0.292. The Bertz CT molecular complexity index is 699. The minimum atomic E-state index is 0.0179. The number of aromatic amines is 1. The standard InChI is InChI=1S/C18H21NO2/c1-5-15-13(4)19-18(16(12(2)3)17(15)20)21-11-14-9-7-6-8-10-14/h6-10H,2,5,11H2,1,3-4H3,(H,19,20). The summed E-state index contributed by atoms with van der Waals surface area (Å²) in [7, 11) is 0. The Morgan fingerprint density at radius 1 is 1.29 bits per heavy atom. The van der Waals surface area contributed by atoms with E-state index in [9.17, 15) is 4.79 Å². The number of rotatable bonds is 5. The zero-order chi connectivity index (χ0) is 15.4. The van der Waals surface area contributed by atoms with Crippen LogP contribution in [0.15, 0.2) is 41.7 Å². The van der Waals surface area contributed by atoms with Gasteiger partial charge in [-0.25, -0.2) is 0 Å². The molecule has 1 aromatic carbocycles. The average Bonchev–Trinajstić information content (AvgIpc) is 2.45. The van der Waals surface area contributed by atoms with E-state index in [1.807, 2.05) is 51.1 Å². The second-order valence-corrected chi connectivity index (χ2v) is 5.17. The number of H-pyrrole nitrogens is 1. The van der Waals surface area contributed by atoms with E-state index in [0.717, 1.165) is 16.8 Å². The number of ether oxygens (including phenoxy) is 1. The molecule has 3 heteroatoms. The lowest BCUT2D eigenvalue weighted by Gasteiger charge is -2.14. The largest absolute Gasteiger partial charge is 0.474 e. The molecule has 1 aromatic heterocycles. The van der Waals surface area contributed by atoms with Crippen LogP contribution in [0.4, 0.5) is 0 Å². The summed E-state index contributed by atoms with van der Waals surface area (Å²) >= 11 is 0. The maximum Gasteiger partial charge on any atom is 0.203 e. The van der Waals surface area contributed by atoms with Gasteiger partial charge in [0.25, 0.3) is 0 Å². The van der Waals surface area contributed by atoms with Crippen LogP contribution in [0.1, 0.15) is 36.2 Å². The normalized spacial score (nSPS) is 10.4. The van der Waals surface area contributed by atoms with E-state index in [1.165, 1.54) is 0 Å². The molecule has 0 aliphatic heterocycles. The monoisotopic (exact) mass is 283 g/mol. The van der Waals surface area contributed by atoms with E-state index in [0.29, 0.717) is 30.0 Å². The molecule has 0 unspecified atom stereocenters. The highest BCUT2D eigenvalue weighted by Crippen LogP contribution is 2.22. The van der Waals surface area contributed by atoms with Crippen LogP contribution >= 0.6 is 0 Å². The van der Waals surface area contributed by atoms with E-state index < -0.39 is 0 Å². The second-order valence-electron chi connectivity index (χ2n) is 5.17. The Kier molecular flexibility index (Phi) is 4.63. The molecule has 3 nitrogen and oxygen atoms in total. The Morgan fingerprint density at radius 3 is 2.52 bits per heavy atom. The quantitative estimate of drug-likeness (QED) is 0.905. The maximum atomic E-state index is 12.5. The number of nitrogens with one attached hydrogen (secondary N) is 1. The van der Waals surface area contributed by atoms with Gasteiger partial charge in [0.15, 0.2) is 5.43 Å². The summed E-state index contributed by atoms with van der Waals surface area (Å²) in [5.41, 5.74) is 3.99. The summed E-state index contributed by atoms with van der Waals surface area (Å²) in [5, 5.41) is 0. The molecule has 0 fully saturated rings. The van der Waals surface area contributed by atoms with Crippen molar-refractivity contribution < 1.29 is 4.74 Å². The van der Waals surface area contributed by atoms with Crippen molar-refractivity contribution in [3.8, 4) is 5.88 Å². The van der Waals surface area contributed by atoms with E-state index in [1.54, 1.807) is 0 Å². The Morgan fingerprint density at radius 2 is 1.95 bits per heavy atom. The smallest absolute Gasteiger partial charge is 0.203 e. The van der Waals surface area contributed by atoms with Crippen molar-refractivity contribution >= 4 is 5.57 Å². The van der Waals surface area contributed by atoms with Crippen molar-refractivity contribution in [1.82, 2.24) is 4.98 Å². The van der Waals surface area contributed by atoms with Crippen LogP contribution in [0.2, 0.25) is 0 Å². The van der Waals surface area contributed by atoms with Gasteiger partial charge in [0, 0.05) is 11.3 Å². The first-order valence-corrected chi connectivity index (χ1v) is 7.13. The Balaban J connectivity index is 2.39. The molecule has 2 aromatic rings. The zero-order valence-electron chi connectivity index (χ0n) is 12.8. The molecule has 0 radical (unpaired) electrons. The van der Waals surface area contributed by atoms with Gasteiger partial charge in [0.2, 0.25) is 5.88 Å². The molecule has 0 aliphatic carbocycles. The van der Waals surface area contributed by atoms with Gasteiger partial charge in [-0.15, -0.1) is 0 Å². The van der Waals surface area contributed by atoms with Gasteiger partial charge in [0.1, 0.15) is 6.61 Å². The molecule has 110 valence electrons. The number of hydrogen-bond donors (Lipinski definition) is 1. The summed E-state index contributed by atoms with van der Waals surface area (Å²) in [5.74, 6) is 0.506. The van der Waals surface area contributed by atoms with Crippen molar-refractivity contribution in [2.24, 2.45) is 0 Å². The molecule has 1 heterocycles. The predicted octanol–water partition coefficient (Wildman–Crippen LogP) is 3.86. The highest BCUT2D eigenvalue weighted by molar-refractivity contribution is 5.66. The Hall–Kier alpha value is -2.29. The molecule has 1 N–H and O–H groups in total. The topological polar surface area (TPSA) is 42.1 Å². The molecular weight excluding hydrogens is 262 g/mol. The summed E-state index contributed by atoms with van der Waals surface area (Å²) in [6.07, 6.45) is 0.695. The van der Waals surface area contributed by atoms with Gasteiger partial charge in [-0.05, 0) is 31.4 Å². The van der Waals surface area contributed by atoms with Crippen LogP contribution < -0.4 is 10.2 Å². The van der Waals surface area contributed by atoms with Crippen molar-refractivity contribution in [3.05, 3.63) is 69.5 Å². The zero-order valence-corrected chi connectivity index (χ0v) is 12.8. The third-order valence-electron chi connectivity index (χ3n) is 3.49.